The van der Waals surface area contributed by atoms with Crippen LogP contribution in [0.15, 0.2) is 82.0 Å². The number of rotatable bonds is 5. The quantitative estimate of drug-likeness (QED) is 0.366. The Labute approximate surface area is 175 Å². The van der Waals surface area contributed by atoms with Crippen LogP contribution in [0, 0.1) is 6.92 Å². The zero-order chi connectivity index (χ0) is 22.0. The molecule has 1 aromatic heterocycles. The molecule has 4 nitrogen and oxygen atoms in total. The Morgan fingerprint density at radius 3 is 2.19 bits per heavy atom. The first-order chi connectivity index (χ1) is 14.8. The molecule has 0 saturated carbocycles. The van der Waals surface area contributed by atoms with Crippen molar-refractivity contribution in [3.8, 4) is 17.2 Å². The average molecular weight is 426 g/mol. The number of halogens is 3. The molecule has 1 heterocycles. The average Bonchev–Trinajstić information content (AvgIpc) is 2.76. The summed E-state index contributed by atoms with van der Waals surface area (Å²) in [4.78, 5) is 12.9. The maximum absolute atomic E-state index is 13.7. The molecule has 0 aliphatic carbocycles. The van der Waals surface area contributed by atoms with Crippen molar-refractivity contribution in [1.82, 2.24) is 0 Å². The number of ether oxygens (including phenoxy) is 2. The van der Waals surface area contributed by atoms with Gasteiger partial charge in [-0.05, 0) is 36.8 Å². The number of fused-ring (bicyclic) bond motifs is 1. The molecule has 0 radical (unpaired) electrons. The molecule has 0 aliphatic heterocycles. The van der Waals surface area contributed by atoms with Crippen LogP contribution in [0.4, 0.5) is 13.2 Å². The molecule has 0 fully saturated rings. The van der Waals surface area contributed by atoms with E-state index in [2.05, 4.69) is 0 Å². The maximum Gasteiger partial charge on any atom is 0.453 e. The predicted molar refractivity (Wildman–Crippen MR) is 110 cm³/mol. The Hall–Kier alpha value is -3.74. The normalized spacial score (nSPS) is 11.5. The van der Waals surface area contributed by atoms with Crippen molar-refractivity contribution < 1.29 is 27.1 Å². The van der Waals surface area contributed by atoms with Gasteiger partial charge in [-0.3, -0.25) is 4.79 Å². The Bertz CT molecular complexity index is 1260. The molecule has 7 heteroatoms. The van der Waals surface area contributed by atoms with Gasteiger partial charge in [-0.15, -0.1) is 0 Å². The summed E-state index contributed by atoms with van der Waals surface area (Å²) in [6.07, 6.45) is -4.93. The fraction of sp³-hybridized carbons (Fsp3) is 0.125. The number of benzene rings is 3. The third kappa shape index (κ3) is 4.26. The molecule has 0 N–H and O–H groups in total. The number of aryl methyl sites for hydroxylation is 1. The molecule has 0 bridgehead atoms. The van der Waals surface area contributed by atoms with E-state index in [-0.39, 0.29) is 23.3 Å². The van der Waals surface area contributed by atoms with Crippen molar-refractivity contribution >= 4 is 11.0 Å². The lowest BCUT2D eigenvalue weighted by Crippen LogP contribution is -2.16. The largest absolute Gasteiger partial charge is 0.488 e. The highest BCUT2D eigenvalue weighted by Gasteiger charge is 2.40. The van der Waals surface area contributed by atoms with Crippen molar-refractivity contribution in [2.75, 3.05) is 0 Å². The van der Waals surface area contributed by atoms with Crippen LogP contribution >= 0.6 is 0 Å². The second kappa shape index (κ2) is 8.18. The highest BCUT2D eigenvalue weighted by Crippen LogP contribution is 2.39. The molecule has 31 heavy (non-hydrogen) atoms. The standard InChI is InChI=1S/C24H17F3O4/c1-15-19(29-14-16-8-4-2-5-9-16)13-12-18-20(28)22(30-17-10-6-3-7-11-17)23(24(25,26)27)31-21(15)18/h2-13H,14H2,1H3. The van der Waals surface area contributed by atoms with Gasteiger partial charge in [0.15, 0.2) is 0 Å². The third-order valence-corrected chi connectivity index (χ3v) is 4.68. The summed E-state index contributed by atoms with van der Waals surface area (Å²) >= 11 is 0. The van der Waals surface area contributed by atoms with Crippen LogP contribution in [0.5, 0.6) is 17.2 Å². The van der Waals surface area contributed by atoms with E-state index in [1.54, 1.807) is 25.1 Å². The molecular weight excluding hydrogens is 409 g/mol. The summed E-state index contributed by atoms with van der Waals surface area (Å²) in [5.41, 5.74) is 0.0896. The first-order valence-electron chi connectivity index (χ1n) is 9.42. The fourth-order valence-corrected chi connectivity index (χ4v) is 3.14. The van der Waals surface area contributed by atoms with E-state index >= 15 is 0 Å². The molecule has 0 unspecified atom stereocenters. The monoisotopic (exact) mass is 426 g/mol. The summed E-state index contributed by atoms with van der Waals surface area (Å²) in [6.45, 7) is 1.77. The summed E-state index contributed by atoms with van der Waals surface area (Å²) in [5, 5.41) is -0.0245. The summed E-state index contributed by atoms with van der Waals surface area (Å²) < 4.78 is 57.4. The van der Waals surface area contributed by atoms with Crippen LogP contribution in [-0.4, -0.2) is 0 Å². The zero-order valence-electron chi connectivity index (χ0n) is 16.4. The predicted octanol–water partition coefficient (Wildman–Crippen LogP) is 6.49. The molecule has 0 aliphatic rings. The van der Waals surface area contributed by atoms with Gasteiger partial charge in [0, 0.05) is 5.56 Å². The first-order valence-corrected chi connectivity index (χ1v) is 9.42. The van der Waals surface area contributed by atoms with Crippen molar-refractivity contribution in [3.05, 3.63) is 99.9 Å². The van der Waals surface area contributed by atoms with Crippen LogP contribution in [0.3, 0.4) is 0 Å². The van der Waals surface area contributed by atoms with Crippen LogP contribution < -0.4 is 14.9 Å². The van der Waals surface area contributed by atoms with Gasteiger partial charge in [0.05, 0.1) is 5.39 Å². The number of alkyl halides is 3. The van der Waals surface area contributed by atoms with E-state index in [1.807, 2.05) is 30.3 Å². The minimum Gasteiger partial charge on any atom is -0.488 e. The van der Waals surface area contributed by atoms with Crippen molar-refractivity contribution in [2.45, 2.75) is 19.7 Å². The highest BCUT2D eigenvalue weighted by atomic mass is 19.4. The van der Waals surface area contributed by atoms with Crippen LogP contribution in [0.2, 0.25) is 0 Å². The molecular formula is C24H17F3O4. The Morgan fingerprint density at radius 2 is 1.55 bits per heavy atom. The van der Waals surface area contributed by atoms with Gasteiger partial charge in [-0.25, -0.2) is 0 Å². The van der Waals surface area contributed by atoms with Gasteiger partial charge in [0.1, 0.15) is 23.7 Å². The minimum absolute atomic E-state index is 0.0245. The van der Waals surface area contributed by atoms with Crippen molar-refractivity contribution in [1.29, 1.82) is 0 Å². The van der Waals surface area contributed by atoms with Crippen molar-refractivity contribution in [3.63, 3.8) is 0 Å². The highest BCUT2D eigenvalue weighted by molar-refractivity contribution is 5.83. The smallest absolute Gasteiger partial charge is 0.453 e. The molecule has 4 aromatic rings. The van der Waals surface area contributed by atoms with Crippen LogP contribution in [-0.2, 0) is 12.8 Å². The topological polar surface area (TPSA) is 48.7 Å². The van der Waals surface area contributed by atoms with E-state index < -0.39 is 23.1 Å². The number of hydrogen-bond donors (Lipinski definition) is 0. The van der Waals surface area contributed by atoms with E-state index in [1.165, 1.54) is 24.3 Å². The molecule has 0 spiro atoms. The molecule has 3 aromatic carbocycles. The van der Waals surface area contributed by atoms with Gasteiger partial charge >= 0.3 is 6.18 Å². The fourth-order valence-electron chi connectivity index (χ4n) is 3.14. The lowest BCUT2D eigenvalue weighted by atomic mass is 10.1. The Kier molecular flexibility index (Phi) is 5.42. The summed E-state index contributed by atoms with van der Waals surface area (Å²) in [5.74, 6) is -1.97. The first kappa shape index (κ1) is 20.5. The summed E-state index contributed by atoms with van der Waals surface area (Å²) in [7, 11) is 0. The van der Waals surface area contributed by atoms with Gasteiger partial charge in [-0.1, -0.05) is 48.5 Å². The van der Waals surface area contributed by atoms with E-state index in [0.29, 0.717) is 11.3 Å². The molecule has 0 saturated heterocycles. The SMILES string of the molecule is Cc1c(OCc2ccccc2)ccc2c(=O)c(Oc3ccccc3)c(C(F)(F)F)oc12. The molecule has 4 rings (SSSR count). The lowest BCUT2D eigenvalue weighted by molar-refractivity contribution is -0.154. The Morgan fingerprint density at radius 1 is 0.903 bits per heavy atom. The summed E-state index contributed by atoms with van der Waals surface area (Å²) in [6, 6.07) is 20.0. The zero-order valence-corrected chi connectivity index (χ0v) is 16.4. The molecule has 158 valence electrons. The van der Waals surface area contributed by atoms with Crippen LogP contribution in [0.1, 0.15) is 16.9 Å². The Balaban J connectivity index is 1.80. The molecule has 0 atom stereocenters. The van der Waals surface area contributed by atoms with E-state index in [0.717, 1.165) is 5.56 Å². The lowest BCUT2D eigenvalue weighted by Gasteiger charge is -2.15. The molecule has 0 amide bonds. The van der Waals surface area contributed by atoms with Crippen molar-refractivity contribution in [2.24, 2.45) is 0 Å². The van der Waals surface area contributed by atoms with Gasteiger partial charge in [-0.2, -0.15) is 13.2 Å². The maximum atomic E-state index is 13.7. The number of para-hydroxylation sites is 1. The number of hydrogen-bond acceptors (Lipinski definition) is 4. The van der Waals surface area contributed by atoms with Gasteiger partial charge in [0.2, 0.25) is 11.2 Å². The van der Waals surface area contributed by atoms with E-state index in [9.17, 15) is 18.0 Å². The van der Waals surface area contributed by atoms with Crippen LogP contribution in [0.25, 0.3) is 11.0 Å². The van der Waals surface area contributed by atoms with Gasteiger partial charge in [0.25, 0.3) is 5.76 Å². The third-order valence-electron chi connectivity index (χ3n) is 4.68. The van der Waals surface area contributed by atoms with Gasteiger partial charge < -0.3 is 13.9 Å². The minimum atomic E-state index is -4.93. The second-order valence-corrected chi connectivity index (χ2v) is 6.84. The second-order valence-electron chi connectivity index (χ2n) is 6.84. The van der Waals surface area contributed by atoms with E-state index in [4.69, 9.17) is 13.9 Å².